The molecule has 1 aromatic carbocycles. The van der Waals surface area contributed by atoms with Gasteiger partial charge in [0.1, 0.15) is 0 Å². The molecule has 1 atom stereocenters. The average Bonchev–Trinajstić information content (AvgIpc) is 2.85. The molecule has 2 amide bonds. The first-order valence-corrected chi connectivity index (χ1v) is 6.56. The normalized spacial score (nSPS) is 18.6. The molecule has 3 rings (SSSR count). The molecule has 1 aromatic heterocycles. The number of allylic oxidation sites excluding steroid dienone is 1. The Bertz CT molecular complexity index is 789. The number of carboxylic acids is 1. The fraction of sp³-hybridized carbons (Fsp3) is 0.200. The Morgan fingerprint density at radius 3 is 2.76 bits per heavy atom. The largest absolute Gasteiger partial charge is 0.478 e. The Balaban J connectivity index is 2.17. The summed E-state index contributed by atoms with van der Waals surface area (Å²) >= 11 is 0. The van der Waals surface area contributed by atoms with Gasteiger partial charge in [0.25, 0.3) is 0 Å². The number of carbonyl (C=O) groups is 2. The minimum Gasteiger partial charge on any atom is -0.478 e. The van der Waals surface area contributed by atoms with E-state index in [1.807, 2.05) is 31.3 Å². The fourth-order valence-corrected chi connectivity index (χ4v) is 2.78. The lowest BCUT2D eigenvalue weighted by molar-refractivity contribution is -0.133. The van der Waals surface area contributed by atoms with Crippen molar-refractivity contribution in [3.8, 4) is 0 Å². The second-order valence-corrected chi connectivity index (χ2v) is 5.16. The number of aromatic nitrogens is 1. The summed E-state index contributed by atoms with van der Waals surface area (Å²) in [6.45, 7) is 3.54. The number of urea groups is 1. The van der Waals surface area contributed by atoms with Gasteiger partial charge in [0, 0.05) is 17.4 Å². The van der Waals surface area contributed by atoms with E-state index in [2.05, 4.69) is 15.6 Å². The highest BCUT2D eigenvalue weighted by molar-refractivity contribution is 5.94. The molecular weight excluding hydrogens is 270 g/mol. The van der Waals surface area contributed by atoms with Crippen molar-refractivity contribution in [1.29, 1.82) is 0 Å². The Kier molecular flexibility index (Phi) is 2.94. The molecule has 6 heteroatoms. The van der Waals surface area contributed by atoms with E-state index in [4.69, 9.17) is 0 Å². The molecular formula is C15H15N3O3. The first kappa shape index (κ1) is 13.2. The number of amides is 2. The predicted octanol–water partition coefficient (Wildman–Crippen LogP) is 2.19. The second-order valence-electron chi connectivity index (χ2n) is 5.16. The molecule has 108 valence electrons. The molecule has 2 aromatic rings. The molecule has 1 aliphatic rings. The summed E-state index contributed by atoms with van der Waals surface area (Å²) in [5.41, 5.74) is 3.29. The van der Waals surface area contributed by atoms with Gasteiger partial charge in [-0.05, 0) is 42.5 Å². The van der Waals surface area contributed by atoms with Crippen LogP contribution in [0.3, 0.4) is 0 Å². The van der Waals surface area contributed by atoms with Crippen LogP contribution in [0.2, 0.25) is 0 Å². The van der Waals surface area contributed by atoms with Gasteiger partial charge in [-0.1, -0.05) is 6.07 Å². The lowest BCUT2D eigenvalue weighted by Gasteiger charge is -2.27. The summed E-state index contributed by atoms with van der Waals surface area (Å²) < 4.78 is 0. The van der Waals surface area contributed by atoms with Crippen LogP contribution in [0.4, 0.5) is 4.79 Å². The number of benzene rings is 1. The van der Waals surface area contributed by atoms with Crippen LogP contribution in [-0.4, -0.2) is 22.1 Å². The van der Waals surface area contributed by atoms with Crippen molar-refractivity contribution in [1.82, 2.24) is 15.6 Å². The zero-order valence-electron chi connectivity index (χ0n) is 11.7. The molecule has 0 bridgehead atoms. The maximum absolute atomic E-state index is 11.7. The molecule has 0 radical (unpaired) electrons. The molecule has 0 fully saturated rings. The van der Waals surface area contributed by atoms with Crippen LogP contribution >= 0.6 is 0 Å². The average molecular weight is 285 g/mol. The number of aromatic amines is 1. The van der Waals surface area contributed by atoms with Crippen LogP contribution < -0.4 is 10.6 Å². The van der Waals surface area contributed by atoms with Crippen molar-refractivity contribution in [2.45, 2.75) is 19.9 Å². The van der Waals surface area contributed by atoms with Gasteiger partial charge >= 0.3 is 12.0 Å². The number of H-pyrrole nitrogens is 1. The van der Waals surface area contributed by atoms with E-state index in [0.29, 0.717) is 5.70 Å². The lowest BCUT2D eigenvalue weighted by atomic mass is 9.93. The molecule has 1 unspecified atom stereocenters. The molecule has 4 N–H and O–H groups in total. The summed E-state index contributed by atoms with van der Waals surface area (Å²) in [6.07, 6.45) is 1.83. The Hall–Kier alpha value is -2.76. The maximum Gasteiger partial charge on any atom is 0.335 e. The monoisotopic (exact) mass is 285 g/mol. The summed E-state index contributed by atoms with van der Waals surface area (Å²) in [6, 6.07) is 4.66. The van der Waals surface area contributed by atoms with Crippen molar-refractivity contribution in [2.24, 2.45) is 0 Å². The predicted molar refractivity (Wildman–Crippen MR) is 77.8 cm³/mol. The van der Waals surface area contributed by atoms with Gasteiger partial charge in [-0.15, -0.1) is 0 Å². The molecule has 0 spiro atoms. The molecule has 1 aliphatic heterocycles. The van der Waals surface area contributed by atoms with Gasteiger partial charge in [0.2, 0.25) is 0 Å². The molecule has 21 heavy (non-hydrogen) atoms. The van der Waals surface area contributed by atoms with Crippen LogP contribution in [0.25, 0.3) is 10.9 Å². The van der Waals surface area contributed by atoms with E-state index in [-0.39, 0.29) is 5.57 Å². The minimum atomic E-state index is -1.04. The van der Waals surface area contributed by atoms with Crippen LogP contribution in [-0.2, 0) is 4.79 Å². The van der Waals surface area contributed by atoms with Gasteiger partial charge in [0.15, 0.2) is 0 Å². The lowest BCUT2D eigenvalue weighted by Crippen LogP contribution is -2.45. The summed E-state index contributed by atoms with van der Waals surface area (Å²) in [5.74, 6) is -1.04. The number of carbonyl (C=O) groups excluding carboxylic acids is 1. The first-order chi connectivity index (χ1) is 9.97. The van der Waals surface area contributed by atoms with E-state index in [1.165, 1.54) is 0 Å². The SMILES string of the molecule is CC1=C(C(=O)O)C(c2cc(C)c3[nH]ccc3c2)NC(=O)N1. The van der Waals surface area contributed by atoms with E-state index in [1.54, 1.807) is 6.92 Å². The Morgan fingerprint density at radius 1 is 1.29 bits per heavy atom. The van der Waals surface area contributed by atoms with Crippen LogP contribution in [0, 0.1) is 6.92 Å². The quantitative estimate of drug-likeness (QED) is 0.681. The number of rotatable bonds is 2. The van der Waals surface area contributed by atoms with Crippen LogP contribution in [0.5, 0.6) is 0 Å². The van der Waals surface area contributed by atoms with Crippen LogP contribution in [0.1, 0.15) is 24.1 Å². The van der Waals surface area contributed by atoms with E-state index >= 15 is 0 Å². The molecule has 0 aliphatic carbocycles. The minimum absolute atomic E-state index is 0.156. The molecule has 6 nitrogen and oxygen atoms in total. The maximum atomic E-state index is 11.7. The van der Waals surface area contributed by atoms with E-state index in [9.17, 15) is 14.7 Å². The van der Waals surface area contributed by atoms with Crippen molar-refractivity contribution in [3.05, 3.63) is 46.8 Å². The van der Waals surface area contributed by atoms with Gasteiger partial charge in [0.05, 0.1) is 11.6 Å². The second kappa shape index (κ2) is 4.66. The van der Waals surface area contributed by atoms with Crippen LogP contribution in [0.15, 0.2) is 35.7 Å². The van der Waals surface area contributed by atoms with Gasteiger partial charge in [-0.25, -0.2) is 9.59 Å². The van der Waals surface area contributed by atoms with Crippen molar-refractivity contribution in [2.75, 3.05) is 0 Å². The van der Waals surface area contributed by atoms with Gasteiger partial charge in [-0.3, -0.25) is 0 Å². The highest BCUT2D eigenvalue weighted by atomic mass is 16.4. The summed E-state index contributed by atoms with van der Waals surface area (Å²) in [4.78, 5) is 26.3. The number of nitrogens with one attached hydrogen (secondary N) is 3. The van der Waals surface area contributed by atoms with Gasteiger partial charge in [-0.2, -0.15) is 0 Å². The number of aryl methyl sites for hydroxylation is 1. The number of hydrogen-bond donors (Lipinski definition) is 4. The third-order valence-corrected chi connectivity index (χ3v) is 3.71. The topological polar surface area (TPSA) is 94.2 Å². The molecule has 2 heterocycles. The number of aliphatic carboxylic acids is 1. The third kappa shape index (κ3) is 2.14. The highest BCUT2D eigenvalue weighted by Crippen LogP contribution is 2.30. The Morgan fingerprint density at radius 2 is 2.05 bits per heavy atom. The highest BCUT2D eigenvalue weighted by Gasteiger charge is 2.31. The standard InChI is InChI=1S/C15H15N3O3/c1-7-5-10(6-9-3-4-16-12(7)9)13-11(14(19)20)8(2)17-15(21)18-13/h3-6,13,16H,1-2H3,(H,19,20)(H2,17,18,21). The summed E-state index contributed by atoms with van der Waals surface area (Å²) in [5, 5.41) is 15.6. The Labute approximate surface area is 120 Å². The number of hydrogen-bond acceptors (Lipinski definition) is 2. The van der Waals surface area contributed by atoms with Crippen molar-refractivity contribution in [3.63, 3.8) is 0 Å². The van der Waals surface area contributed by atoms with Crippen molar-refractivity contribution >= 4 is 22.9 Å². The molecule has 0 saturated heterocycles. The first-order valence-electron chi connectivity index (χ1n) is 6.56. The smallest absolute Gasteiger partial charge is 0.335 e. The fourth-order valence-electron chi connectivity index (χ4n) is 2.78. The van der Waals surface area contributed by atoms with E-state index in [0.717, 1.165) is 22.0 Å². The molecule has 0 saturated carbocycles. The summed E-state index contributed by atoms with van der Waals surface area (Å²) in [7, 11) is 0. The number of carboxylic acid groups (broad SMARTS) is 1. The number of fused-ring (bicyclic) bond motifs is 1. The zero-order chi connectivity index (χ0) is 15.1. The van der Waals surface area contributed by atoms with Gasteiger partial charge < -0.3 is 20.7 Å². The zero-order valence-corrected chi connectivity index (χ0v) is 11.7. The van der Waals surface area contributed by atoms with E-state index < -0.39 is 18.0 Å². The van der Waals surface area contributed by atoms with Crippen molar-refractivity contribution < 1.29 is 14.7 Å². The third-order valence-electron chi connectivity index (χ3n) is 3.71.